The minimum atomic E-state index is -0.138. The van der Waals surface area contributed by atoms with Crippen molar-refractivity contribution in [1.82, 2.24) is 0 Å². The van der Waals surface area contributed by atoms with Crippen LogP contribution in [-0.2, 0) is 9.47 Å². The van der Waals surface area contributed by atoms with Crippen molar-refractivity contribution in [2.75, 3.05) is 33.0 Å². The van der Waals surface area contributed by atoms with Crippen LogP contribution in [0.2, 0.25) is 0 Å². The van der Waals surface area contributed by atoms with Crippen molar-refractivity contribution in [1.29, 1.82) is 0 Å². The molecule has 1 N–H and O–H groups in total. The van der Waals surface area contributed by atoms with Crippen LogP contribution in [-0.4, -0.2) is 38.1 Å². The van der Waals surface area contributed by atoms with Gasteiger partial charge in [-0.1, -0.05) is 19.1 Å². The molecule has 0 heterocycles. The van der Waals surface area contributed by atoms with Crippen molar-refractivity contribution >= 4 is 0 Å². The normalized spacial score (nSPS) is 11.3. The first kappa shape index (κ1) is 14.4. The van der Waals surface area contributed by atoms with Crippen LogP contribution in [0.4, 0.5) is 0 Å². The fourth-order valence-corrected chi connectivity index (χ4v) is 1.23. The Labute approximate surface area is 92.4 Å². The number of aliphatic hydroxyl groups excluding tert-OH is 1. The lowest BCUT2D eigenvalue weighted by Crippen LogP contribution is -2.30. The maximum absolute atomic E-state index is 8.96. The molecule has 0 saturated carbocycles. The van der Waals surface area contributed by atoms with Gasteiger partial charge in [0.05, 0.1) is 26.4 Å². The molecule has 0 amide bonds. The molecule has 0 atom stereocenters. The predicted molar refractivity (Wildman–Crippen MR) is 61.8 cm³/mol. The number of rotatable bonds is 10. The Balaban J connectivity index is 3.92. The van der Waals surface area contributed by atoms with E-state index in [0.717, 1.165) is 0 Å². The van der Waals surface area contributed by atoms with Crippen molar-refractivity contribution in [3.8, 4) is 0 Å². The summed E-state index contributed by atoms with van der Waals surface area (Å²) in [4.78, 5) is 0. The van der Waals surface area contributed by atoms with Crippen molar-refractivity contribution < 1.29 is 14.6 Å². The second-order valence-corrected chi connectivity index (χ2v) is 3.89. The van der Waals surface area contributed by atoms with Gasteiger partial charge < -0.3 is 14.6 Å². The van der Waals surface area contributed by atoms with Crippen molar-refractivity contribution in [3.63, 3.8) is 0 Å². The van der Waals surface area contributed by atoms with E-state index in [9.17, 15) is 0 Å². The van der Waals surface area contributed by atoms with E-state index in [0.29, 0.717) is 32.8 Å². The summed E-state index contributed by atoms with van der Waals surface area (Å²) in [6, 6.07) is 0. The molecule has 0 bridgehead atoms. The predicted octanol–water partition coefficient (Wildman–Crippen LogP) is 1.78. The Hall–Kier alpha value is -0.640. The van der Waals surface area contributed by atoms with Crippen molar-refractivity contribution in [2.24, 2.45) is 5.41 Å². The summed E-state index contributed by atoms with van der Waals surface area (Å²) < 4.78 is 10.8. The van der Waals surface area contributed by atoms with Gasteiger partial charge in [0.15, 0.2) is 0 Å². The van der Waals surface area contributed by atoms with E-state index in [4.69, 9.17) is 14.6 Å². The van der Waals surface area contributed by atoms with Crippen LogP contribution in [0, 0.1) is 5.41 Å². The largest absolute Gasteiger partial charge is 0.396 e. The average Bonchev–Trinajstić information content (AvgIpc) is 2.19. The highest BCUT2D eigenvalue weighted by molar-refractivity contribution is 4.76. The minimum Gasteiger partial charge on any atom is -0.396 e. The monoisotopic (exact) mass is 214 g/mol. The van der Waals surface area contributed by atoms with Gasteiger partial charge in [-0.2, -0.15) is 0 Å². The molecular weight excluding hydrogens is 192 g/mol. The van der Waals surface area contributed by atoms with Crippen LogP contribution < -0.4 is 0 Å². The third-order valence-electron chi connectivity index (χ3n) is 2.09. The zero-order chi connectivity index (χ0) is 11.6. The van der Waals surface area contributed by atoms with Crippen molar-refractivity contribution in [3.05, 3.63) is 25.3 Å². The average molecular weight is 214 g/mol. The Morgan fingerprint density at radius 2 is 1.60 bits per heavy atom. The van der Waals surface area contributed by atoms with E-state index in [-0.39, 0.29) is 12.0 Å². The van der Waals surface area contributed by atoms with E-state index >= 15 is 0 Å². The molecule has 3 heteroatoms. The zero-order valence-electron chi connectivity index (χ0n) is 9.58. The van der Waals surface area contributed by atoms with Gasteiger partial charge in [0.1, 0.15) is 0 Å². The number of hydrogen-bond donors (Lipinski definition) is 1. The topological polar surface area (TPSA) is 38.7 Å². The summed E-state index contributed by atoms with van der Waals surface area (Å²) in [5, 5.41) is 8.96. The quantitative estimate of drug-likeness (QED) is 0.445. The lowest BCUT2D eigenvalue weighted by Gasteiger charge is -2.28. The maximum atomic E-state index is 8.96. The molecule has 0 aromatic heterocycles. The third-order valence-corrected chi connectivity index (χ3v) is 2.09. The van der Waals surface area contributed by atoms with E-state index in [1.165, 1.54) is 0 Å². The fraction of sp³-hybridized carbons (Fsp3) is 0.667. The summed E-state index contributed by atoms with van der Waals surface area (Å²) in [5.41, 5.74) is -0.138. The van der Waals surface area contributed by atoms with E-state index < -0.39 is 0 Å². The van der Waals surface area contributed by atoms with Crippen LogP contribution in [0.15, 0.2) is 25.3 Å². The summed E-state index contributed by atoms with van der Waals surface area (Å²) >= 11 is 0. The first-order valence-electron chi connectivity index (χ1n) is 5.16. The van der Waals surface area contributed by atoms with Gasteiger partial charge in [-0.15, -0.1) is 13.2 Å². The Morgan fingerprint density at radius 1 is 1.13 bits per heavy atom. The highest BCUT2D eigenvalue weighted by Crippen LogP contribution is 2.22. The SMILES string of the molecule is C=CCOCC(C)(CCO)COCC=C. The first-order valence-corrected chi connectivity index (χ1v) is 5.16. The highest BCUT2D eigenvalue weighted by Gasteiger charge is 2.24. The molecular formula is C12H22O3. The molecule has 0 aliphatic rings. The molecule has 0 rings (SSSR count). The van der Waals surface area contributed by atoms with Gasteiger partial charge in [0.25, 0.3) is 0 Å². The second kappa shape index (κ2) is 8.65. The standard InChI is InChI=1S/C12H22O3/c1-4-8-14-10-12(3,6-7-13)11-15-9-5-2/h4-5,13H,1-2,6-11H2,3H3. The van der Waals surface area contributed by atoms with Gasteiger partial charge in [0, 0.05) is 12.0 Å². The van der Waals surface area contributed by atoms with E-state index in [1.54, 1.807) is 12.2 Å². The number of aliphatic hydroxyl groups is 1. The van der Waals surface area contributed by atoms with Gasteiger partial charge in [-0.3, -0.25) is 0 Å². The minimum absolute atomic E-state index is 0.138. The van der Waals surface area contributed by atoms with Gasteiger partial charge in [-0.25, -0.2) is 0 Å². The molecule has 0 aliphatic heterocycles. The third kappa shape index (κ3) is 7.31. The van der Waals surface area contributed by atoms with Crippen LogP contribution >= 0.6 is 0 Å². The molecule has 0 radical (unpaired) electrons. The molecule has 0 spiro atoms. The first-order chi connectivity index (χ1) is 7.18. The van der Waals surface area contributed by atoms with E-state index in [1.807, 2.05) is 6.92 Å². The molecule has 0 fully saturated rings. The molecule has 0 saturated heterocycles. The van der Waals surface area contributed by atoms with Gasteiger partial charge in [0.2, 0.25) is 0 Å². The fourth-order valence-electron chi connectivity index (χ4n) is 1.23. The summed E-state index contributed by atoms with van der Waals surface area (Å²) in [6.45, 7) is 11.5. The molecule has 0 aromatic rings. The summed E-state index contributed by atoms with van der Waals surface area (Å²) in [5.74, 6) is 0. The maximum Gasteiger partial charge on any atom is 0.0645 e. The lowest BCUT2D eigenvalue weighted by atomic mass is 9.89. The summed E-state index contributed by atoms with van der Waals surface area (Å²) in [6.07, 6.45) is 4.09. The van der Waals surface area contributed by atoms with Crippen molar-refractivity contribution in [2.45, 2.75) is 13.3 Å². The lowest BCUT2D eigenvalue weighted by molar-refractivity contribution is -0.0111. The summed E-state index contributed by atoms with van der Waals surface area (Å²) in [7, 11) is 0. The van der Waals surface area contributed by atoms with Gasteiger partial charge >= 0.3 is 0 Å². The second-order valence-electron chi connectivity index (χ2n) is 3.89. The Bertz CT molecular complexity index is 164. The molecule has 0 aliphatic carbocycles. The van der Waals surface area contributed by atoms with Gasteiger partial charge in [-0.05, 0) is 6.42 Å². The van der Waals surface area contributed by atoms with Crippen LogP contribution in [0.3, 0.4) is 0 Å². The van der Waals surface area contributed by atoms with Crippen LogP contribution in [0.25, 0.3) is 0 Å². The van der Waals surface area contributed by atoms with Crippen LogP contribution in [0.5, 0.6) is 0 Å². The van der Waals surface area contributed by atoms with E-state index in [2.05, 4.69) is 13.2 Å². The van der Waals surface area contributed by atoms with Crippen LogP contribution in [0.1, 0.15) is 13.3 Å². The number of ether oxygens (including phenoxy) is 2. The zero-order valence-corrected chi connectivity index (χ0v) is 9.58. The number of hydrogen-bond acceptors (Lipinski definition) is 3. The molecule has 0 aromatic carbocycles. The molecule has 15 heavy (non-hydrogen) atoms. The Kier molecular flexibility index (Phi) is 8.28. The molecule has 88 valence electrons. The smallest absolute Gasteiger partial charge is 0.0645 e. The highest BCUT2D eigenvalue weighted by atomic mass is 16.5. The Morgan fingerprint density at radius 3 is 1.93 bits per heavy atom. The molecule has 0 unspecified atom stereocenters. The molecule has 3 nitrogen and oxygen atoms in total.